The fraction of sp³-hybridized carbons (Fsp3) is 0.280. The SMILES string of the molecule is CCCc1ccc(COc2cc3c(c(F)c2F)Oc2c(ccc(OCC)c2F)C3)cc1. The summed E-state index contributed by atoms with van der Waals surface area (Å²) >= 11 is 0. The lowest BCUT2D eigenvalue weighted by molar-refractivity contribution is 0.278. The van der Waals surface area contributed by atoms with Gasteiger partial charge in [0.15, 0.2) is 23.0 Å². The third-order valence-corrected chi connectivity index (χ3v) is 5.19. The highest BCUT2D eigenvalue weighted by Gasteiger charge is 2.29. The molecule has 3 nitrogen and oxygen atoms in total. The Morgan fingerprint density at radius 3 is 2.19 bits per heavy atom. The van der Waals surface area contributed by atoms with Crippen molar-refractivity contribution in [2.24, 2.45) is 0 Å². The van der Waals surface area contributed by atoms with Gasteiger partial charge in [0.1, 0.15) is 6.61 Å². The second-order valence-corrected chi connectivity index (χ2v) is 7.42. The van der Waals surface area contributed by atoms with Crippen molar-refractivity contribution in [1.29, 1.82) is 0 Å². The van der Waals surface area contributed by atoms with Crippen LogP contribution in [0.2, 0.25) is 0 Å². The van der Waals surface area contributed by atoms with Gasteiger partial charge in [-0.3, -0.25) is 0 Å². The van der Waals surface area contributed by atoms with Crippen LogP contribution < -0.4 is 14.2 Å². The van der Waals surface area contributed by atoms with Gasteiger partial charge in [-0.15, -0.1) is 0 Å². The minimum Gasteiger partial charge on any atom is -0.491 e. The Kier molecular flexibility index (Phi) is 6.07. The largest absolute Gasteiger partial charge is 0.491 e. The zero-order chi connectivity index (χ0) is 22.0. The molecule has 0 spiro atoms. The minimum absolute atomic E-state index is 0.00971. The van der Waals surface area contributed by atoms with Crippen LogP contribution in [0.1, 0.15) is 42.5 Å². The molecule has 0 aromatic heterocycles. The predicted molar refractivity (Wildman–Crippen MR) is 112 cm³/mol. The smallest absolute Gasteiger partial charge is 0.207 e. The molecule has 3 aromatic carbocycles. The lowest BCUT2D eigenvalue weighted by Crippen LogP contribution is -2.10. The van der Waals surface area contributed by atoms with Crippen LogP contribution >= 0.6 is 0 Å². The third-order valence-electron chi connectivity index (χ3n) is 5.19. The Morgan fingerprint density at radius 2 is 1.48 bits per heavy atom. The van der Waals surface area contributed by atoms with Gasteiger partial charge in [-0.05, 0) is 36.6 Å². The van der Waals surface area contributed by atoms with E-state index >= 15 is 0 Å². The first-order valence-electron chi connectivity index (χ1n) is 10.3. The summed E-state index contributed by atoms with van der Waals surface area (Å²) in [4.78, 5) is 0. The van der Waals surface area contributed by atoms with E-state index in [1.807, 2.05) is 24.3 Å². The molecular weight excluding hydrogens is 405 g/mol. The topological polar surface area (TPSA) is 27.7 Å². The van der Waals surface area contributed by atoms with Crippen LogP contribution in [0.4, 0.5) is 13.2 Å². The van der Waals surface area contributed by atoms with E-state index in [-0.39, 0.29) is 42.6 Å². The molecule has 0 N–H and O–H groups in total. The molecule has 31 heavy (non-hydrogen) atoms. The number of aryl methyl sites for hydroxylation is 1. The Bertz CT molecular complexity index is 1090. The summed E-state index contributed by atoms with van der Waals surface area (Å²) in [5.41, 5.74) is 2.98. The van der Waals surface area contributed by atoms with Crippen molar-refractivity contribution >= 4 is 0 Å². The summed E-state index contributed by atoms with van der Waals surface area (Å²) in [5.74, 6) is -3.74. The Hall–Kier alpha value is -3.15. The van der Waals surface area contributed by atoms with Gasteiger partial charge in [0.05, 0.1) is 6.61 Å². The molecule has 0 radical (unpaired) electrons. The molecule has 0 saturated heterocycles. The van der Waals surface area contributed by atoms with Gasteiger partial charge in [-0.1, -0.05) is 43.7 Å². The van der Waals surface area contributed by atoms with Crippen molar-refractivity contribution in [2.75, 3.05) is 6.61 Å². The number of hydrogen-bond donors (Lipinski definition) is 0. The van der Waals surface area contributed by atoms with Gasteiger partial charge in [-0.25, -0.2) is 0 Å². The molecule has 0 aliphatic carbocycles. The molecule has 1 heterocycles. The average Bonchev–Trinajstić information content (AvgIpc) is 2.78. The van der Waals surface area contributed by atoms with Gasteiger partial charge < -0.3 is 14.2 Å². The number of hydrogen-bond acceptors (Lipinski definition) is 3. The molecular formula is C25H23F3O3. The maximum atomic E-state index is 14.7. The lowest BCUT2D eigenvalue weighted by atomic mass is 9.99. The fourth-order valence-electron chi connectivity index (χ4n) is 3.64. The molecule has 0 amide bonds. The van der Waals surface area contributed by atoms with Crippen LogP contribution in [0.3, 0.4) is 0 Å². The lowest BCUT2D eigenvalue weighted by Gasteiger charge is -2.23. The van der Waals surface area contributed by atoms with E-state index in [9.17, 15) is 13.2 Å². The van der Waals surface area contributed by atoms with Crippen LogP contribution in [-0.4, -0.2) is 6.61 Å². The van der Waals surface area contributed by atoms with E-state index in [1.165, 1.54) is 17.7 Å². The van der Waals surface area contributed by atoms with E-state index in [0.29, 0.717) is 11.1 Å². The third kappa shape index (κ3) is 4.20. The van der Waals surface area contributed by atoms with Gasteiger partial charge in [0.2, 0.25) is 17.5 Å². The first kappa shape index (κ1) is 21.1. The fourth-order valence-corrected chi connectivity index (χ4v) is 3.64. The maximum Gasteiger partial charge on any atom is 0.207 e. The standard InChI is InChI=1S/C25H23F3O3/c1-3-5-15-6-8-16(9-7-15)14-30-20-13-18-12-17-10-11-19(29-4-2)22(27)24(17)31-25(18)23(28)21(20)26/h6-11,13H,3-5,12,14H2,1-2H3. The second kappa shape index (κ2) is 8.92. The van der Waals surface area contributed by atoms with Gasteiger partial charge in [-0.2, -0.15) is 13.2 Å². The number of halogens is 3. The van der Waals surface area contributed by atoms with E-state index < -0.39 is 17.5 Å². The van der Waals surface area contributed by atoms with Gasteiger partial charge >= 0.3 is 0 Å². The number of rotatable bonds is 7. The Morgan fingerprint density at radius 1 is 0.774 bits per heavy atom. The van der Waals surface area contributed by atoms with Crippen molar-refractivity contribution < 1.29 is 27.4 Å². The van der Waals surface area contributed by atoms with Crippen molar-refractivity contribution in [1.82, 2.24) is 0 Å². The van der Waals surface area contributed by atoms with Crippen LogP contribution in [0.5, 0.6) is 23.0 Å². The van der Waals surface area contributed by atoms with Crippen LogP contribution in [0, 0.1) is 17.5 Å². The molecule has 0 bridgehead atoms. The van der Waals surface area contributed by atoms with Crippen molar-refractivity contribution in [3.63, 3.8) is 0 Å². The highest BCUT2D eigenvalue weighted by Crippen LogP contribution is 2.44. The number of ether oxygens (including phenoxy) is 3. The molecule has 0 unspecified atom stereocenters. The van der Waals surface area contributed by atoms with Crippen LogP contribution in [-0.2, 0) is 19.4 Å². The molecule has 3 aromatic rings. The summed E-state index contributed by atoms with van der Waals surface area (Å²) in [5, 5.41) is 0. The van der Waals surface area contributed by atoms with Crippen molar-refractivity contribution in [2.45, 2.75) is 39.7 Å². The molecule has 1 aliphatic heterocycles. The van der Waals surface area contributed by atoms with E-state index in [0.717, 1.165) is 18.4 Å². The second-order valence-electron chi connectivity index (χ2n) is 7.42. The summed E-state index contributed by atoms with van der Waals surface area (Å²) < 4.78 is 60.2. The summed E-state index contributed by atoms with van der Waals surface area (Å²) in [6.45, 7) is 4.21. The zero-order valence-electron chi connectivity index (χ0n) is 17.4. The number of benzene rings is 3. The molecule has 1 aliphatic rings. The van der Waals surface area contributed by atoms with E-state index in [1.54, 1.807) is 13.0 Å². The van der Waals surface area contributed by atoms with E-state index in [2.05, 4.69) is 6.92 Å². The quantitative estimate of drug-likeness (QED) is 0.327. The molecule has 4 rings (SSSR count). The van der Waals surface area contributed by atoms with Crippen molar-refractivity contribution in [3.8, 4) is 23.0 Å². The maximum absolute atomic E-state index is 14.7. The molecule has 0 atom stereocenters. The predicted octanol–water partition coefficient (Wildman–Crippen LogP) is 6.73. The van der Waals surface area contributed by atoms with Crippen LogP contribution in [0.15, 0.2) is 42.5 Å². The van der Waals surface area contributed by atoms with Gasteiger partial charge in [0.25, 0.3) is 0 Å². The van der Waals surface area contributed by atoms with E-state index in [4.69, 9.17) is 14.2 Å². The highest BCUT2D eigenvalue weighted by atomic mass is 19.2. The number of fused-ring (bicyclic) bond motifs is 2. The van der Waals surface area contributed by atoms with Crippen molar-refractivity contribution in [3.05, 3.63) is 82.2 Å². The normalized spacial score (nSPS) is 12.0. The molecule has 162 valence electrons. The Balaban J connectivity index is 1.57. The summed E-state index contributed by atoms with van der Waals surface area (Å²) in [7, 11) is 0. The monoisotopic (exact) mass is 428 g/mol. The summed E-state index contributed by atoms with van der Waals surface area (Å²) in [6, 6.07) is 12.4. The molecule has 0 fully saturated rings. The zero-order valence-corrected chi connectivity index (χ0v) is 17.4. The first-order chi connectivity index (χ1) is 15.0. The highest BCUT2D eigenvalue weighted by molar-refractivity contribution is 5.55. The minimum atomic E-state index is -1.20. The molecule has 0 saturated carbocycles. The molecule has 6 heteroatoms. The average molecular weight is 428 g/mol. The first-order valence-corrected chi connectivity index (χ1v) is 10.3. The summed E-state index contributed by atoms with van der Waals surface area (Å²) in [6.07, 6.45) is 2.23. The Labute approximate surface area is 179 Å². The van der Waals surface area contributed by atoms with Gasteiger partial charge in [0, 0.05) is 17.5 Å². The van der Waals surface area contributed by atoms with Crippen LogP contribution in [0.25, 0.3) is 0 Å².